The third-order valence-electron chi connectivity index (χ3n) is 4.33. The van der Waals surface area contributed by atoms with Crippen LogP contribution in [0.4, 0.5) is 0 Å². The zero-order valence-electron chi connectivity index (χ0n) is 13.8. The van der Waals surface area contributed by atoms with Crippen molar-refractivity contribution in [1.29, 1.82) is 0 Å². The first-order valence-electron chi connectivity index (χ1n) is 8.12. The van der Waals surface area contributed by atoms with E-state index in [-0.39, 0.29) is 24.0 Å². The van der Waals surface area contributed by atoms with E-state index in [0.717, 1.165) is 37.5 Å². The van der Waals surface area contributed by atoms with E-state index in [4.69, 9.17) is 4.74 Å². The number of aliphatic imine (C=N–C) groups is 1. The maximum atomic E-state index is 5.19. The standard InChI is InChI=1S/C15H30N4OS.HI/c1-16-15(18-12-14-6-4-10-21-14)17-11-13-5-3-7-19(13)8-9-20-2;/h13-14H,3-12H2,1-2H3,(H2,16,17,18);1H. The molecule has 7 heteroatoms. The Morgan fingerprint density at radius 1 is 1.27 bits per heavy atom. The van der Waals surface area contributed by atoms with Crippen LogP contribution >= 0.6 is 35.7 Å². The molecule has 0 aliphatic carbocycles. The van der Waals surface area contributed by atoms with Gasteiger partial charge in [-0.05, 0) is 38.0 Å². The van der Waals surface area contributed by atoms with Gasteiger partial charge in [0.2, 0.25) is 0 Å². The van der Waals surface area contributed by atoms with Crippen LogP contribution in [0.15, 0.2) is 4.99 Å². The monoisotopic (exact) mass is 442 g/mol. The second kappa shape index (κ2) is 11.8. The van der Waals surface area contributed by atoms with E-state index in [0.29, 0.717) is 6.04 Å². The molecule has 130 valence electrons. The zero-order valence-corrected chi connectivity index (χ0v) is 17.0. The molecule has 2 aliphatic heterocycles. The van der Waals surface area contributed by atoms with Crippen molar-refractivity contribution in [3.63, 3.8) is 0 Å². The molecule has 2 rings (SSSR count). The lowest BCUT2D eigenvalue weighted by Crippen LogP contribution is -2.46. The van der Waals surface area contributed by atoms with Crippen molar-refractivity contribution in [1.82, 2.24) is 15.5 Å². The first-order valence-corrected chi connectivity index (χ1v) is 9.17. The molecule has 2 atom stereocenters. The third kappa shape index (κ3) is 6.80. The number of thioether (sulfide) groups is 1. The summed E-state index contributed by atoms with van der Waals surface area (Å²) in [6, 6.07) is 0.611. The van der Waals surface area contributed by atoms with Crippen LogP contribution in [0.3, 0.4) is 0 Å². The van der Waals surface area contributed by atoms with Crippen LogP contribution in [-0.4, -0.2) is 74.8 Å². The molecule has 0 aromatic heterocycles. The zero-order chi connectivity index (χ0) is 14.9. The predicted molar refractivity (Wildman–Crippen MR) is 107 cm³/mol. The molecule has 2 saturated heterocycles. The van der Waals surface area contributed by atoms with Crippen molar-refractivity contribution in [3.8, 4) is 0 Å². The lowest BCUT2D eigenvalue weighted by atomic mass is 10.2. The van der Waals surface area contributed by atoms with Crippen molar-refractivity contribution in [2.45, 2.75) is 37.0 Å². The van der Waals surface area contributed by atoms with Crippen molar-refractivity contribution < 1.29 is 4.74 Å². The summed E-state index contributed by atoms with van der Waals surface area (Å²) in [7, 11) is 3.63. The Labute approximate surface area is 156 Å². The first-order chi connectivity index (χ1) is 10.3. The van der Waals surface area contributed by atoms with Crippen LogP contribution in [0.1, 0.15) is 25.7 Å². The minimum atomic E-state index is 0. The number of guanidine groups is 1. The van der Waals surface area contributed by atoms with Gasteiger partial charge in [0.05, 0.1) is 6.61 Å². The molecule has 0 amide bonds. The summed E-state index contributed by atoms with van der Waals surface area (Å²) in [6.07, 6.45) is 5.26. The molecule has 5 nitrogen and oxygen atoms in total. The molecule has 2 fully saturated rings. The molecule has 0 saturated carbocycles. The van der Waals surface area contributed by atoms with E-state index in [1.54, 1.807) is 7.11 Å². The van der Waals surface area contributed by atoms with Gasteiger partial charge in [0.25, 0.3) is 0 Å². The molecule has 2 N–H and O–H groups in total. The number of nitrogens with zero attached hydrogens (tertiary/aromatic N) is 2. The SMILES string of the molecule is CN=C(NCC1CCCS1)NCC1CCCN1CCOC.I. The number of likely N-dealkylation sites (tertiary alicyclic amines) is 1. The van der Waals surface area contributed by atoms with Gasteiger partial charge in [-0.2, -0.15) is 11.8 Å². The quantitative estimate of drug-likeness (QED) is 0.358. The van der Waals surface area contributed by atoms with E-state index < -0.39 is 0 Å². The number of ether oxygens (including phenoxy) is 1. The number of halogens is 1. The number of hydrogen-bond donors (Lipinski definition) is 2. The van der Waals surface area contributed by atoms with Crippen LogP contribution in [0.25, 0.3) is 0 Å². The molecule has 2 unspecified atom stereocenters. The summed E-state index contributed by atoms with van der Waals surface area (Å²) < 4.78 is 5.19. The van der Waals surface area contributed by atoms with E-state index in [9.17, 15) is 0 Å². The van der Waals surface area contributed by atoms with Gasteiger partial charge in [0.1, 0.15) is 0 Å². The second-order valence-corrected chi connectivity index (χ2v) is 7.20. The fourth-order valence-electron chi connectivity index (χ4n) is 3.08. The fourth-order valence-corrected chi connectivity index (χ4v) is 4.28. The summed E-state index contributed by atoms with van der Waals surface area (Å²) in [4.78, 5) is 6.86. The van der Waals surface area contributed by atoms with Crippen molar-refractivity contribution in [2.75, 3.05) is 52.7 Å². The van der Waals surface area contributed by atoms with Gasteiger partial charge in [-0.25, -0.2) is 0 Å². The van der Waals surface area contributed by atoms with Crippen LogP contribution in [-0.2, 0) is 4.74 Å². The van der Waals surface area contributed by atoms with E-state index in [1.165, 1.54) is 38.0 Å². The fraction of sp³-hybridized carbons (Fsp3) is 0.933. The Kier molecular flexibility index (Phi) is 10.9. The van der Waals surface area contributed by atoms with Gasteiger partial charge in [0, 0.05) is 45.1 Å². The van der Waals surface area contributed by atoms with Gasteiger partial charge in [-0.3, -0.25) is 9.89 Å². The third-order valence-corrected chi connectivity index (χ3v) is 5.73. The largest absolute Gasteiger partial charge is 0.383 e. The van der Waals surface area contributed by atoms with Crippen LogP contribution in [0, 0.1) is 0 Å². The summed E-state index contributed by atoms with van der Waals surface area (Å²) in [5, 5.41) is 7.71. The second-order valence-electron chi connectivity index (χ2n) is 5.79. The highest BCUT2D eigenvalue weighted by Gasteiger charge is 2.24. The summed E-state index contributed by atoms with van der Waals surface area (Å²) in [5.41, 5.74) is 0. The molecular formula is C15H31IN4OS. The van der Waals surface area contributed by atoms with Crippen molar-refractivity contribution in [3.05, 3.63) is 0 Å². The molecule has 0 aromatic carbocycles. The number of nitrogens with one attached hydrogen (secondary N) is 2. The summed E-state index contributed by atoms with van der Waals surface area (Å²) in [6.45, 7) is 5.06. The predicted octanol–water partition coefficient (Wildman–Crippen LogP) is 1.78. The normalized spacial score (nSPS) is 26.0. The van der Waals surface area contributed by atoms with Crippen LogP contribution in [0.2, 0.25) is 0 Å². The molecule has 2 aliphatic rings. The van der Waals surface area contributed by atoms with E-state index in [2.05, 4.69) is 32.3 Å². The highest BCUT2D eigenvalue weighted by molar-refractivity contribution is 14.0. The molecule has 0 spiro atoms. The number of methoxy groups -OCH3 is 1. The number of rotatable bonds is 7. The maximum Gasteiger partial charge on any atom is 0.191 e. The Bertz CT molecular complexity index is 327. The van der Waals surface area contributed by atoms with Gasteiger partial charge in [-0.1, -0.05) is 0 Å². The molecule has 0 bridgehead atoms. The lowest BCUT2D eigenvalue weighted by molar-refractivity contribution is 0.141. The maximum absolute atomic E-state index is 5.19. The van der Waals surface area contributed by atoms with Gasteiger partial charge in [0.15, 0.2) is 5.96 Å². The van der Waals surface area contributed by atoms with E-state index in [1.807, 2.05) is 7.05 Å². The smallest absolute Gasteiger partial charge is 0.191 e. The van der Waals surface area contributed by atoms with Crippen LogP contribution < -0.4 is 10.6 Å². The van der Waals surface area contributed by atoms with Gasteiger partial charge < -0.3 is 15.4 Å². The average molecular weight is 442 g/mol. The molecular weight excluding hydrogens is 411 g/mol. The molecule has 2 heterocycles. The highest BCUT2D eigenvalue weighted by atomic mass is 127. The minimum Gasteiger partial charge on any atom is -0.383 e. The summed E-state index contributed by atoms with van der Waals surface area (Å²) >= 11 is 2.08. The topological polar surface area (TPSA) is 48.9 Å². The average Bonchev–Trinajstić information content (AvgIpc) is 3.16. The van der Waals surface area contributed by atoms with Crippen molar-refractivity contribution in [2.24, 2.45) is 4.99 Å². The van der Waals surface area contributed by atoms with E-state index >= 15 is 0 Å². The Balaban J connectivity index is 0.00000242. The van der Waals surface area contributed by atoms with Crippen LogP contribution in [0.5, 0.6) is 0 Å². The Morgan fingerprint density at radius 3 is 2.77 bits per heavy atom. The van der Waals surface area contributed by atoms with Gasteiger partial charge >= 0.3 is 0 Å². The molecule has 0 radical (unpaired) electrons. The molecule has 0 aromatic rings. The van der Waals surface area contributed by atoms with Gasteiger partial charge in [-0.15, -0.1) is 24.0 Å². The highest BCUT2D eigenvalue weighted by Crippen LogP contribution is 2.25. The molecule has 22 heavy (non-hydrogen) atoms. The van der Waals surface area contributed by atoms with Crippen molar-refractivity contribution >= 4 is 41.7 Å². The Morgan fingerprint density at radius 2 is 2.09 bits per heavy atom. The summed E-state index contributed by atoms with van der Waals surface area (Å²) in [5.74, 6) is 2.26. The minimum absolute atomic E-state index is 0. The Hall–Kier alpha value is 0.270. The first kappa shape index (κ1) is 20.3. The lowest BCUT2D eigenvalue weighted by Gasteiger charge is -2.25. The number of hydrogen-bond acceptors (Lipinski definition) is 4.